The molecule has 0 aliphatic heterocycles. The second-order valence-corrected chi connectivity index (χ2v) is 6.88. The number of methoxy groups -OCH3 is 1. The summed E-state index contributed by atoms with van der Waals surface area (Å²) in [6.45, 7) is 0. The average Bonchev–Trinajstić information content (AvgIpc) is 3.37. The number of aryl methyl sites for hydroxylation is 1. The molecule has 3 aromatic rings. The van der Waals surface area contributed by atoms with Crippen molar-refractivity contribution < 1.29 is 13.9 Å². The maximum absolute atomic E-state index is 13.1. The summed E-state index contributed by atoms with van der Waals surface area (Å²) < 4.78 is 20.3. The van der Waals surface area contributed by atoms with Crippen LogP contribution in [0.5, 0.6) is 5.75 Å². The first kappa shape index (κ1) is 19.0. The van der Waals surface area contributed by atoms with Crippen LogP contribution in [0.25, 0.3) is 10.9 Å². The number of halogens is 1. The Balaban J connectivity index is 0.000000159. The van der Waals surface area contributed by atoms with Crippen LogP contribution in [0.1, 0.15) is 28.9 Å². The second kappa shape index (κ2) is 7.88. The number of hydrogen-bond donors (Lipinski definition) is 1. The monoisotopic (exact) mass is 369 g/mol. The summed E-state index contributed by atoms with van der Waals surface area (Å²) in [6.07, 6.45) is 7.56. The summed E-state index contributed by atoms with van der Waals surface area (Å²) in [6, 6.07) is 8.44. The number of ether oxygens (including phenoxy) is 1. The lowest BCUT2D eigenvalue weighted by Gasteiger charge is -2.16. The summed E-state index contributed by atoms with van der Waals surface area (Å²) in [4.78, 5) is 14.4. The molecule has 0 unspecified atom stereocenters. The summed E-state index contributed by atoms with van der Waals surface area (Å²) in [5, 5.41) is 4.35. The van der Waals surface area contributed by atoms with Crippen molar-refractivity contribution in [2.45, 2.75) is 24.8 Å². The number of rotatable bonds is 5. The van der Waals surface area contributed by atoms with Crippen LogP contribution in [0.2, 0.25) is 0 Å². The number of aromatic nitrogens is 2. The molecule has 5 nitrogen and oxygen atoms in total. The van der Waals surface area contributed by atoms with E-state index in [2.05, 4.69) is 10.3 Å². The number of carbonyl (C=O) groups excluding carboxylic acids is 1. The Morgan fingerprint density at radius 3 is 2.74 bits per heavy atom. The topological polar surface area (TPSA) is 56.1 Å². The number of carbonyl (C=O) groups is 1. The van der Waals surface area contributed by atoms with Crippen molar-refractivity contribution in [2.75, 3.05) is 14.2 Å². The Morgan fingerprint density at radius 1 is 1.33 bits per heavy atom. The number of nitrogens with zero attached hydrogens (tertiary/aromatic N) is 2. The second-order valence-electron chi connectivity index (χ2n) is 6.88. The molecule has 0 atom stereocenters. The third-order valence-electron chi connectivity index (χ3n) is 5.07. The van der Waals surface area contributed by atoms with Gasteiger partial charge in [-0.15, -0.1) is 0 Å². The summed E-state index contributed by atoms with van der Waals surface area (Å²) >= 11 is 0. The van der Waals surface area contributed by atoms with Crippen molar-refractivity contribution in [3.8, 4) is 5.75 Å². The van der Waals surface area contributed by atoms with Crippen molar-refractivity contribution in [3.63, 3.8) is 0 Å². The zero-order chi connectivity index (χ0) is 19.4. The van der Waals surface area contributed by atoms with E-state index >= 15 is 0 Å². The minimum absolute atomic E-state index is 0.182. The first-order valence-corrected chi connectivity index (χ1v) is 8.88. The SMILES string of the molecule is CNC1(Cc2cc(F)ccc2OC)CC1.Cn1ccc2cnc(C=O)cc21. The third-order valence-corrected chi connectivity index (χ3v) is 5.07. The van der Waals surface area contributed by atoms with E-state index in [4.69, 9.17) is 4.74 Å². The standard InChI is InChI=1S/C12H16FNO.C9H8N2O/c1-14-12(5-6-12)8-9-7-10(13)3-4-11(9)15-2;1-11-3-2-7-5-10-8(6-12)4-9(7)11/h3-4,7,14H,5-6,8H2,1-2H3;2-6H,1H3. The fraction of sp³-hybridized carbons (Fsp3) is 0.333. The van der Waals surface area contributed by atoms with Crippen molar-refractivity contribution in [3.05, 3.63) is 59.8 Å². The van der Waals surface area contributed by atoms with Gasteiger partial charge in [0.15, 0.2) is 6.29 Å². The van der Waals surface area contributed by atoms with Gasteiger partial charge in [-0.2, -0.15) is 0 Å². The van der Waals surface area contributed by atoms with E-state index in [1.165, 1.54) is 6.07 Å². The number of nitrogens with one attached hydrogen (secondary N) is 1. The predicted molar refractivity (Wildman–Crippen MR) is 104 cm³/mol. The van der Waals surface area contributed by atoms with E-state index in [1.807, 2.05) is 30.9 Å². The smallest absolute Gasteiger partial charge is 0.168 e. The first-order valence-electron chi connectivity index (χ1n) is 8.88. The van der Waals surface area contributed by atoms with E-state index in [1.54, 1.807) is 31.5 Å². The highest BCUT2D eigenvalue weighted by Crippen LogP contribution is 2.40. The molecule has 0 radical (unpaired) electrons. The number of aldehydes is 1. The number of fused-ring (bicyclic) bond motifs is 1. The number of pyridine rings is 1. The molecule has 0 bridgehead atoms. The molecule has 2 aromatic heterocycles. The van der Waals surface area contributed by atoms with Gasteiger partial charge in [0.1, 0.15) is 17.3 Å². The minimum atomic E-state index is -0.197. The highest BCUT2D eigenvalue weighted by atomic mass is 19.1. The van der Waals surface area contributed by atoms with E-state index in [0.29, 0.717) is 5.69 Å². The maximum Gasteiger partial charge on any atom is 0.168 e. The minimum Gasteiger partial charge on any atom is -0.496 e. The van der Waals surface area contributed by atoms with Gasteiger partial charge in [-0.1, -0.05) is 0 Å². The van der Waals surface area contributed by atoms with Crippen LogP contribution in [-0.4, -0.2) is 35.5 Å². The molecule has 1 saturated carbocycles. The Hall–Kier alpha value is -2.73. The molecule has 1 aromatic carbocycles. The molecule has 1 aliphatic carbocycles. The molecule has 2 heterocycles. The summed E-state index contributed by atoms with van der Waals surface area (Å²) in [5.41, 5.74) is 2.64. The fourth-order valence-corrected chi connectivity index (χ4v) is 3.16. The molecule has 0 spiro atoms. The van der Waals surface area contributed by atoms with E-state index < -0.39 is 0 Å². The molecular weight excluding hydrogens is 345 g/mol. The Kier molecular flexibility index (Phi) is 5.56. The lowest BCUT2D eigenvalue weighted by Crippen LogP contribution is -2.29. The molecular formula is C21H24FN3O2. The Morgan fingerprint density at radius 2 is 2.11 bits per heavy atom. The first-order chi connectivity index (χ1) is 13.0. The average molecular weight is 369 g/mol. The van der Waals surface area contributed by atoms with Crippen LogP contribution in [0.3, 0.4) is 0 Å². The van der Waals surface area contributed by atoms with E-state index in [9.17, 15) is 9.18 Å². The molecule has 142 valence electrons. The summed E-state index contributed by atoms with van der Waals surface area (Å²) in [7, 11) is 5.52. The van der Waals surface area contributed by atoms with Gasteiger partial charge in [0.25, 0.3) is 0 Å². The largest absolute Gasteiger partial charge is 0.496 e. The molecule has 1 aliphatic rings. The van der Waals surface area contributed by atoms with Crippen molar-refractivity contribution in [1.29, 1.82) is 0 Å². The van der Waals surface area contributed by atoms with Crippen molar-refractivity contribution >= 4 is 17.2 Å². The zero-order valence-electron chi connectivity index (χ0n) is 15.8. The fourth-order valence-electron chi connectivity index (χ4n) is 3.16. The number of hydrogen-bond acceptors (Lipinski definition) is 4. The maximum atomic E-state index is 13.1. The molecule has 0 amide bonds. The van der Waals surface area contributed by atoms with Crippen LogP contribution in [0.4, 0.5) is 4.39 Å². The van der Waals surface area contributed by atoms with Crippen LogP contribution in [-0.2, 0) is 13.5 Å². The van der Waals surface area contributed by atoms with Gasteiger partial charge < -0.3 is 14.6 Å². The molecule has 0 saturated heterocycles. The van der Waals surface area contributed by atoms with Gasteiger partial charge in [-0.3, -0.25) is 9.78 Å². The van der Waals surface area contributed by atoms with Gasteiger partial charge in [0, 0.05) is 30.4 Å². The van der Waals surface area contributed by atoms with Crippen LogP contribution < -0.4 is 10.1 Å². The van der Waals surface area contributed by atoms with Gasteiger partial charge in [0.2, 0.25) is 0 Å². The van der Waals surface area contributed by atoms with Crippen LogP contribution >= 0.6 is 0 Å². The Bertz CT molecular complexity index is 948. The van der Waals surface area contributed by atoms with Crippen molar-refractivity contribution in [1.82, 2.24) is 14.9 Å². The van der Waals surface area contributed by atoms with Gasteiger partial charge in [-0.25, -0.2) is 4.39 Å². The highest BCUT2D eigenvalue weighted by Gasteiger charge is 2.41. The van der Waals surface area contributed by atoms with E-state index in [0.717, 1.165) is 47.8 Å². The molecule has 6 heteroatoms. The summed E-state index contributed by atoms with van der Waals surface area (Å²) in [5.74, 6) is 0.579. The van der Waals surface area contributed by atoms with E-state index in [-0.39, 0.29) is 11.4 Å². The van der Waals surface area contributed by atoms with Crippen LogP contribution in [0, 0.1) is 5.82 Å². The lowest BCUT2D eigenvalue weighted by atomic mass is 10.0. The quantitative estimate of drug-likeness (QED) is 0.699. The number of benzene rings is 1. The number of likely N-dealkylation sites (N-methyl/N-ethyl adjacent to an activating group) is 1. The molecule has 27 heavy (non-hydrogen) atoms. The highest BCUT2D eigenvalue weighted by molar-refractivity contribution is 5.84. The third kappa shape index (κ3) is 4.34. The van der Waals surface area contributed by atoms with Gasteiger partial charge >= 0.3 is 0 Å². The Labute approximate surface area is 158 Å². The van der Waals surface area contributed by atoms with Crippen molar-refractivity contribution in [2.24, 2.45) is 7.05 Å². The van der Waals surface area contributed by atoms with Crippen LogP contribution in [0.15, 0.2) is 42.7 Å². The zero-order valence-corrected chi connectivity index (χ0v) is 15.8. The molecule has 1 N–H and O–H groups in total. The van der Waals surface area contributed by atoms with Gasteiger partial charge in [-0.05, 0) is 62.2 Å². The molecule has 1 fully saturated rings. The predicted octanol–water partition coefficient (Wildman–Crippen LogP) is 3.51. The normalized spacial score (nSPS) is 14.4. The molecule has 4 rings (SSSR count). The lowest BCUT2D eigenvalue weighted by molar-refractivity contribution is 0.111. The van der Waals surface area contributed by atoms with Gasteiger partial charge in [0.05, 0.1) is 12.6 Å².